The number of carboxylic acid groups (broad SMARTS) is 1. The third-order valence-corrected chi connectivity index (χ3v) is 17.4. The molecule has 0 saturated carbocycles. The Labute approximate surface area is 382 Å². The van der Waals surface area contributed by atoms with Crippen molar-refractivity contribution < 1.29 is 42.8 Å². The lowest BCUT2D eigenvalue weighted by Gasteiger charge is -2.36. The van der Waals surface area contributed by atoms with Crippen LogP contribution >= 0.6 is 34.5 Å². The molecule has 63 heavy (non-hydrogen) atoms. The van der Waals surface area contributed by atoms with E-state index in [9.17, 15) is 19.4 Å². The highest BCUT2D eigenvalue weighted by molar-refractivity contribution is 7.22. The fourth-order valence-electron chi connectivity index (χ4n) is 6.65. The number of aliphatic carboxylic acids is 1. The van der Waals surface area contributed by atoms with Crippen LogP contribution in [0.1, 0.15) is 43.0 Å². The Hall–Kier alpha value is -5.02. The van der Waals surface area contributed by atoms with Crippen molar-refractivity contribution in [3.8, 4) is 44.7 Å². The van der Waals surface area contributed by atoms with E-state index in [1.807, 2.05) is 42.5 Å². The maximum absolute atomic E-state index is 14.3. The molecule has 2 N–H and O–H groups in total. The van der Waals surface area contributed by atoms with E-state index in [2.05, 4.69) is 50.4 Å². The van der Waals surface area contributed by atoms with Gasteiger partial charge in [0.25, 0.3) is 0 Å². The van der Waals surface area contributed by atoms with Crippen LogP contribution in [0, 0.1) is 19.7 Å². The number of carbonyl (C=O) groups is 1. The van der Waals surface area contributed by atoms with Crippen LogP contribution in [-0.4, -0.2) is 66.5 Å². The second-order valence-electron chi connectivity index (χ2n) is 16.6. The molecule has 0 bridgehead atoms. The zero-order valence-electron chi connectivity index (χ0n) is 36.3. The number of ether oxygens (including phenoxy) is 4. The molecule has 2 heterocycles. The number of benzene rings is 4. The fourth-order valence-corrected chi connectivity index (χ4v) is 9.33. The average Bonchev–Trinajstić information content (AvgIpc) is 3.63. The Morgan fingerprint density at radius 3 is 2.27 bits per heavy atom. The third kappa shape index (κ3) is 10.9. The highest BCUT2D eigenvalue weighted by Crippen LogP contribution is 2.53. The zero-order valence-corrected chi connectivity index (χ0v) is 39.6. The summed E-state index contributed by atoms with van der Waals surface area (Å²) in [5.41, 5.74) is 4.42. The first-order valence-electron chi connectivity index (χ1n) is 20.3. The summed E-state index contributed by atoms with van der Waals surface area (Å²) in [4.78, 5) is 23.6. The SMILES string of the molecule is C=CCOCC(CO)Oc1c(Cl)c(C)c(-c2c(-c3ccc(F)cc3)sc3ncnc(OC(Cc4cc(O[Si](C)(C)C(C)(C)C)ccc4OCc4ccccc4)C(=O)O)c23)c(C)c1Cl. The summed E-state index contributed by atoms with van der Waals surface area (Å²) in [5, 5.41) is 21.6. The zero-order chi connectivity index (χ0) is 45.6. The quantitative estimate of drug-likeness (QED) is 0.0460. The maximum Gasteiger partial charge on any atom is 0.345 e. The molecule has 6 rings (SSSR count). The summed E-state index contributed by atoms with van der Waals surface area (Å²) >= 11 is 15.5. The van der Waals surface area contributed by atoms with Crippen molar-refractivity contribution in [2.45, 2.75) is 78.0 Å². The van der Waals surface area contributed by atoms with Crippen LogP contribution in [0.5, 0.6) is 23.1 Å². The number of aliphatic hydroxyl groups excluding tert-OH is 1. The monoisotopic (exact) mass is 932 g/mol. The first kappa shape index (κ1) is 47.5. The van der Waals surface area contributed by atoms with Crippen LogP contribution in [0.15, 0.2) is 91.8 Å². The summed E-state index contributed by atoms with van der Waals surface area (Å²) in [6.45, 7) is 18.2. The van der Waals surface area contributed by atoms with Gasteiger partial charge in [-0.2, -0.15) is 0 Å². The third-order valence-electron chi connectivity index (χ3n) is 11.0. The minimum atomic E-state index is -2.29. The van der Waals surface area contributed by atoms with Gasteiger partial charge >= 0.3 is 5.97 Å². The highest BCUT2D eigenvalue weighted by atomic mass is 35.5. The largest absolute Gasteiger partial charge is 0.543 e. The predicted octanol–water partition coefficient (Wildman–Crippen LogP) is 12.1. The Morgan fingerprint density at radius 1 is 0.968 bits per heavy atom. The van der Waals surface area contributed by atoms with Gasteiger partial charge in [0.2, 0.25) is 20.3 Å². The number of hydrogen-bond acceptors (Lipinski definition) is 10. The second-order valence-corrected chi connectivity index (χ2v) is 23.0. The van der Waals surface area contributed by atoms with Gasteiger partial charge in [-0.05, 0) is 90.1 Å². The average molecular weight is 934 g/mol. The van der Waals surface area contributed by atoms with Crippen LogP contribution in [0.3, 0.4) is 0 Å². The standard InChI is InChI=1S/C48H51Cl2FN2O8SSi/c1-9-21-57-26-35(24-54)59-43-41(49)28(2)38(29(3)42(43)50)39-40-45(52-27-53-46(40)62-44(39)31-15-17-33(51)18-16-31)60-37(47(55)56)23-32-22-34(61-63(7,8)48(4,5)6)19-20-36(32)58-25-30-13-11-10-12-14-30/h9-20,22,27,35,37,54H,1,21,23-26H2,2-8H3,(H,55,56). The topological polar surface area (TPSA) is 129 Å². The number of hydrogen-bond donors (Lipinski definition) is 2. The highest BCUT2D eigenvalue weighted by Gasteiger charge is 2.39. The first-order chi connectivity index (χ1) is 29.9. The van der Waals surface area contributed by atoms with Crippen LogP contribution < -0.4 is 18.6 Å². The molecule has 2 aromatic heterocycles. The summed E-state index contributed by atoms with van der Waals surface area (Å²) in [6, 6.07) is 21.2. The molecule has 332 valence electrons. The Morgan fingerprint density at radius 2 is 1.65 bits per heavy atom. The normalized spacial score (nSPS) is 12.8. The number of nitrogens with zero attached hydrogens (tertiary/aromatic N) is 2. The van der Waals surface area contributed by atoms with Crippen LogP contribution in [0.2, 0.25) is 28.2 Å². The molecule has 0 saturated heterocycles. The molecule has 0 radical (unpaired) electrons. The van der Waals surface area contributed by atoms with E-state index in [1.165, 1.54) is 29.8 Å². The molecule has 0 fully saturated rings. The minimum absolute atomic E-state index is 0.00136. The summed E-state index contributed by atoms with van der Waals surface area (Å²) < 4.78 is 45.5. The molecule has 2 atom stereocenters. The number of aromatic nitrogens is 2. The van der Waals surface area contributed by atoms with Gasteiger partial charge in [-0.15, -0.1) is 17.9 Å². The molecule has 10 nitrogen and oxygen atoms in total. The number of thiophene rings is 1. The summed E-state index contributed by atoms with van der Waals surface area (Å²) in [7, 11) is -2.29. The molecule has 0 aliphatic rings. The molecule has 0 aliphatic heterocycles. The Balaban J connectivity index is 1.48. The van der Waals surface area contributed by atoms with Crippen molar-refractivity contribution in [2.24, 2.45) is 0 Å². The van der Waals surface area contributed by atoms with E-state index in [0.717, 1.165) is 5.56 Å². The molecule has 2 unspecified atom stereocenters. The molecular formula is C48H51Cl2FN2O8SSi. The van der Waals surface area contributed by atoms with Crippen molar-refractivity contribution in [1.82, 2.24) is 9.97 Å². The second kappa shape index (κ2) is 20.2. The minimum Gasteiger partial charge on any atom is -0.543 e. The van der Waals surface area contributed by atoms with E-state index in [-0.39, 0.29) is 59.6 Å². The van der Waals surface area contributed by atoms with Gasteiger partial charge in [0.1, 0.15) is 41.2 Å². The van der Waals surface area contributed by atoms with Gasteiger partial charge in [0.15, 0.2) is 5.75 Å². The molecule has 0 spiro atoms. The van der Waals surface area contributed by atoms with E-state index < -0.39 is 32.3 Å². The molecule has 6 aromatic rings. The Bertz CT molecular complexity index is 2560. The smallest absolute Gasteiger partial charge is 0.345 e. The van der Waals surface area contributed by atoms with E-state index in [4.69, 9.17) is 46.6 Å². The number of carboxylic acids is 1. The molecule has 0 aliphatic carbocycles. The van der Waals surface area contributed by atoms with Crippen LogP contribution in [0.4, 0.5) is 4.39 Å². The number of aliphatic hydroxyl groups is 1. The molecule has 4 aromatic carbocycles. The van der Waals surface area contributed by atoms with E-state index >= 15 is 0 Å². The number of rotatable bonds is 19. The van der Waals surface area contributed by atoms with Gasteiger partial charge in [0.05, 0.1) is 35.3 Å². The Kier molecular flexibility index (Phi) is 15.2. The van der Waals surface area contributed by atoms with E-state index in [1.54, 1.807) is 38.1 Å². The lowest BCUT2D eigenvalue weighted by molar-refractivity contribution is -0.145. The van der Waals surface area contributed by atoms with Crippen molar-refractivity contribution in [3.05, 3.63) is 130 Å². The lowest BCUT2D eigenvalue weighted by atomic mass is 9.92. The molecule has 15 heteroatoms. The van der Waals surface area contributed by atoms with Gasteiger partial charge in [0, 0.05) is 22.4 Å². The summed E-state index contributed by atoms with van der Waals surface area (Å²) in [6.07, 6.45) is 0.536. The van der Waals surface area contributed by atoms with Gasteiger partial charge in [-0.3, -0.25) is 0 Å². The lowest BCUT2D eigenvalue weighted by Crippen LogP contribution is -2.43. The van der Waals surface area contributed by atoms with Gasteiger partial charge < -0.3 is 33.6 Å². The number of halogens is 3. The van der Waals surface area contributed by atoms with Gasteiger partial charge in [-0.25, -0.2) is 19.2 Å². The molecule has 0 amide bonds. The summed E-state index contributed by atoms with van der Waals surface area (Å²) in [5.74, 6) is -0.424. The van der Waals surface area contributed by atoms with Crippen LogP contribution in [-0.2, 0) is 22.6 Å². The van der Waals surface area contributed by atoms with Crippen LogP contribution in [0.25, 0.3) is 31.8 Å². The maximum atomic E-state index is 14.3. The molecular weight excluding hydrogens is 883 g/mol. The van der Waals surface area contributed by atoms with Gasteiger partial charge in [-0.1, -0.05) is 92.5 Å². The van der Waals surface area contributed by atoms with E-state index in [0.29, 0.717) is 60.0 Å². The first-order valence-corrected chi connectivity index (χ1v) is 24.8. The fraction of sp³-hybridized carbons (Fsp3) is 0.312. The number of fused-ring (bicyclic) bond motifs is 1. The van der Waals surface area contributed by atoms with Crippen molar-refractivity contribution in [2.75, 3.05) is 19.8 Å². The van der Waals surface area contributed by atoms with Crippen molar-refractivity contribution in [3.63, 3.8) is 0 Å². The predicted molar refractivity (Wildman–Crippen MR) is 251 cm³/mol. The van der Waals surface area contributed by atoms with Crippen molar-refractivity contribution >= 4 is 59.0 Å². The van der Waals surface area contributed by atoms with Crippen molar-refractivity contribution in [1.29, 1.82) is 0 Å².